The minimum Gasteiger partial charge on any atom is -0.871 e. The van der Waals surface area contributed by atoms with Crippen molar-refractivity contribution in [1.82, 2.24) is 9.97 Å². The van der Waals surface area contributed by atoms with Crippen LogP contribution in [0.3, 0.4) is 0 Å². The van der Waals surface area contributed by atoms with Crippen molar-refractivity contribution in [3.05, 3.63) is 53.3 Å². The second-order valence-electron chi connectivity index (χ2n) is 4.52. The number of carbonyl (C=O) groups is 1. The van der Waals surface area contributed by atoms with E-state index in [4.69, 9.17) is 16.7 Å². The molecule has 0 fully saturated rings. The van der Waals surface area contributed by atoms with Crippen LogP contribution in [0.5, 0.6) is 5.75 Å². The summed E-state index contributed by atoms with van der Waals surface area (Å²) in [6, 6.07) is 8.86. The highest BCUT2D eigenvalue weighted by Crippen LogP contribution is 2.29. The van der Waals surface area contributed by atoms with Gasteiger partial charge in [0, 0.05) is 16.1 Å². The molecule has 0 aliphatic heterocycles. The molecular formula is C15H9ClN3O3-. The molecule has 110 valence electrons. The lowest BCUT2D eigenvalue weighted by atomic mass is 10.1. The van der Waals surface area contributed by atoms with Gasteiger partial charge >= 0.3 is 5.97 Å². The van der Waals surface area contributed by atoms with Gasteiger partial charge in [-0.2, -0.15) is 0 Å². The molecule has 7 heteroatoms. The predicted molar refractivity (Wildman–Crippen MR) is 80.7 cm³/mol. The Morgan fingerprint density at radius 2 is 2.00 bits per heavy atom. The van der Waals surface area contributed by atoms with Crippen LogP contribution in [0.1, 0.15) is 10.4 Å². The number of hydrogen-bond donors (Lipinski definition) is 2. The maximum atomic E-state index is 11.8. The van der Waals surface area contributed by atoms with Crippen molar-refractivity contribution < 1.29 is 15.0 Å². The average molecular weight is 315 g/mol. The maximum Gasteiger partial charge on any atom is 0.335 e. The molecule has 2 N–H and O–H groups in total. The largest absolute Gasteiger partial charge is 0.871 e. The molecule has 3 rings (SSSR count). The Balaban J connectivity index is 2.07. The van der Waals surface area contributed by atoms with E-state index in [9.17, 15) is 9.90 Å². The molecule has 0 spiro atoms. The molecule has 0 atom stereocenters. The summed E-state index contributed by atoms with van der Waals surface area (Å²) in [7, 11) is 0. The lowest BCUT2D eigenvalue weighted by Crippen LogP contribution is -2.01. The number of aromatic carboxylic acids is 1. The second kappa shape index (κ2) is 5.50. The quantitative estimate of drug-likeness (QED) is 0.771. The fourth-order valence-corrected chi connectivity index (χ4v) is 2.19. The van der Waals surface area contributed by atoms with E-state index in [1.807, 2.05) is 0 Å². The number of aromatic nitrogens is 2. The molecular weight excluding hydrogens is 306 g/mol. The summed E-state index contributed by atoms with van der Waals surface area (Å²) in [5.41, 5.74) is 0.881. The first-order chi connectivity index (χ1) is 10.5. The van der Waals surface area contributed by atoms with E-state index in [0.717, 1.165) is 0 Å². The molecule has 1 heterocycles. The number of nitrogens with one attached hydrogen (secondary N) is 1. The Kier molecular flexibility index (Phi) is 3.52. The first-order valence-corrected chi connectivity index (χ1v) is 6.64. The molecule has 0 radical (unpaired) electrons. The van der Waals surface area contributed by atoms with Gasteiger partial charge in [-0.3, -0.25) is 0 Å². The van der Waals surface area contributed by atoms with Crippen LogP contribution in [0.4, 0.5) is 11.5 Å². The molecule has 0 bridgehead atoms. The van der Waals surface area contributed by atoms with Gasteiger partial charge in [-0.05, 0) is 30.3 Å². The SMILES string of the molecule is O=C(O)c1ccc2c(Nc3cc(Cl)ccc3[O-])ncnc2c1. The van der Waals surface area contributed by atoms with Gasteiger partial charge in [-0.15, -0.1) is 0 Å². The number of halogens is 1. The Hall–Kier alpha value is -2.86. The van der Waals surface area contributed by atoms with Crippen LogP contribution in [0, 0.1) is 0 Å². The molecule has 0 saturated carbocycles. The van der Waals surface area contributed by atoms with Crippen molar-refractivity contribution in [2.75, 3.05) is 5.32 Å². The number of nitrogens with zero attached hydrogens (tertiary/aromatic N) is 2. The summed E-state index contributed by atoms with van der Waals surface area (Å²) < 4.78 is 0. The zero-order valence-electron chi connectivity index (χ0n) is 11.1. The highest BCUT2D eigenvalue weighted by molar-refractivity contribution is 6.31. The molecule has 0 amide bonds. The summed E-state index contributed by atoms with van der Waals surface area (Å²) in [4.78, 5) is 19.1. The van der Waals surface area contributed by atoms with Crippen LogP contribution in [0.15, 0.2) is 42.7 Å². The number of hydrogen-bond acceptors (Lipinski definition) is 5. The van der Waals surface area contributed by atoms with Gasteiger partial charge in [-0.25, -0.2) is 14.8 Å². The van der Waals surface area contributed by atoms with E-state index in [1.165, 1.54) is 36.7 Å². The topological polar surface area (TPSA) is 98.2 Å². The molecule has 2 aromatic carbocycles. The highest BCUT2D eigenvalue weighted by Gasteiger charge is 2.09. The summed E-state index contributed by atoms with van der Waals surface area (Å²) in [6.07, 6.45) is 1.30. The second-order valence-corrected chi connectivity index (χ2v) is 4.96. The molecule has 0 aliphatic rings. The van der Waals surface area contributed by atoms with Crippen LogP contribution in [-0.4, -0.2) is 21.0 Å². The molecule has 0 aliphatic carbocycles. The van der Waals surface area contributed by atoms with Crippen molar-refractivity contribution in [1.29, 1.82) is 0 Å². The summed E-state index contributed by atoms with van der Waals surface area (Å²) in [5.74, 6) is -0.855. The van der Waals surface area contributed by atoms with E-state index in [1.54, 1.807) is 6.07 Å². The number of rotatable bonds is 3. The first kappa shape index (κ1) is 14.1. The Labute approximate surface area is 130 Å². The smallest absolute Gasteiger partial charge is 0.335 e. The number of benzene rings is 2. The van der Waals surface area contributed by atoms with E-state index in [0.29, 0.717) is 21.7 Å². The molecule has 6 nitrogen and oxygen atoms in total. The van der Waals surface area contributed by atoms with Gasteiger partial charge in [0.15, 0.2) is 0 Å². The fourth-order valence-electron chi connectivity index (χ4n) is 2.02. The maximum absolute atomic E-state index is 11.8. The van der Waals surface area contributed by atoms with Crippen LogP contribution in [0.2, 0.25) is 5.02 Å². The van der Waals surface area contributed by atoms with Crippen molar-refractivity contribution in [2.24, 2.45) is 0 Å². The van der Waals surface area contributed by atoms with Gasteiger partial charge in [0.25, 0.3) is 0 Å². The van der Waals surface area contributed by atoms with Gasteiger partial charge in [0.2, 0.25) is 0 Å². The normalized spacial score (nSPS) is 10.6. The third-order valence-corrected chi connectivity index (χ3v) is 3.31. The van der Waals surface area contributed by atoms with Gasteiger partial charge in [-0.1, -0.05) is 23.4 Å². The van der Waals surface area contributed by atoms with Crippen molar-refractivity contribution in [2.45, 2.75) is 0 Å². The molecule has 0 saturated heterocycles. The average Bonchev–Trinajstić information content (AvgIpc) is 2.50. The molecule has 22 heavy (non-hydrogen) atoms. The number of carboxylic acid groups (broad SMARTS) is 1. The fraction of sp³-hybridized carbons (Fsp3) is 0. The highest BCUT2D eigenvalue weighted by atomic mass is 35.5. The third-order valence-electron chi connectivity index (χ3n) is 3.08. The van der Waals surface area contributed by atoms with E-state index in [-0.39, 0.29) is 17.0 Å². The summed E-state index contributed by atoms with van der Waals surface area (Å²) in [6.45, 7) is 0. The van der Waals surface area contributed by atoms with Crippen molar-refractivity contribution >= 4 is 40.0 Å². The van der Waals surface area contributed by atoms with Crippen molar-refractivity contribution in [3.8, 4) is 5.75 Å². The number of fused-ring (bicyclic) bond motifs is 1. The number of carboxylic acids is 1. The minimum absolute atomic E-state index is 0.129. The van der Waals surface area contributed by atoms with Crippen LogP contribution < -0.4 is 10.4 Å². The minimum atomic E-state index is -1.04. The summed E-state index contributed by atoms with van der Waals surface area (Å²) in [5, 5.41) is 24.8. The molecule has 3 aromatic rings. The van der Waals surface area contributed by atoms with Crippen molar-refractivity contribution in [3.63, 3.8) is 0 Å². The monoisotopic (exact) mass is 314 g/mol. The van der Waals surface area contributed by atoms with E-state index < -0.39 is 5.97 Å². The van der Waals surface area contributed by atoms with Crippen LogP contribution in [-0.2, 0) is 0 Å². The zero-order chi connectivity index (χ0) is 15.7. The molecule has 0 unspecified atom stereocenters. The third kappa shape index (κ3) is 2.64. The number of anilines is 2. The van der Waals surface area contributed by atoms with Crippen LogP contribution >= 0.6 is 11.6 Å². The molecule has 1 aromatic heterocycles. The Bertz CT molecular complexity index is 883. The van der Waals surface area contributed by atoms with Gasteiger partial charge < -0.3 is 15.5 Å². The standard InChI is InChI=1S/C15H10ClN3O3/c16-9-2-4-13(20)12(6-9)19-14-10-3-1-8(15(21)22)5-11(10)17-7-18-14/h1-7,20H,(H,21,22)(H,17,18,19)/p-1. The van der Waals surface area contributed by atoms with Gasteiger partial charge in [0.1, 0.15) is 12.1 Å². The predicted octanol–water partition coefficient (Wildman–Crippen LogP) is 2.80. The zero-order valence-corrected chi connectivity index (χ0v) is 11.8. The van der Waals surface area contributed by atoms with E-state index in [2.05, 4.69) is 15.3 Å². The van der Waals surface area contributed by atoms with Gasteiger partial charge in [0.05, 0.1) is 11.1 Å². The lowest BCUT2D eigenvalue weighted by molar-refractivity contribution is -0.267. The summed E-state index contributed by atoms with van der Waals surface area (Å²) >= 11 is 5.88. The first-order valence-electron chi connectivity index (χ1n) is 6.26. The lowest BCUT2D eigenvalue weighted by Gasteiger charge is -2.16. The van der Waals surface area contributed by atoms with Crippen LogP contribution in [0.25, 0.3) is 10.9 Å². The van der Waals surface area contributed by atoms with E-state index >= 15 is 0 Å². The Morgan fingerprint density at radius 3 is 2.77 bits per heavy atom. The Morgan fingerprint density at radius 1 is 1.18 bits per heavy atom.